The third-order valence-electron chi connectivity index (χ3n) is 5.72. The summed E-state index contributed by atoms with van der Waals surface area (Å²) >= 11 is 0. The van der Waals surface area contributed by atoms with E-state index in [0.29, 0.717) is 0 Å². The Morgan fingerprint density at radius 3 is 2.67 bits per heavy atom. The van der Waals surface area contributed by atoms with Crippen molar-refractivity contribution in [3.8, 4) is 0 Å². The van der Waals surface area contributed by atoms with Crippen molar-refractivity contribution in [2.75, 3.05) is 13.1 Å². The van der Waals surface area contributed by atoms with Gasteiger partial charge < -0.3 is 10.2 Å². The molecular formula is C17H28N2O2. The van der Waals surface area contributed by atoms with E-state index in [1.165, 1.54) is 25.7 Å². The van der Waals surface area contributed by atoms with E-state index < -0.39 is 5.54 Å². The number of carbonyl (C=O) groups is 2. The number of nitrogens with one attached hydrogen (secondary N) is 1. The fourth-order valence-electron chi connectivity index (χ4n) is 4.57. The molecule has 2 aliphatic carbocycles. The lowest BCUT2D eigenvalue weighted by Gasteiger charge is -2.40. The smallest absolute Gasteiger partial charge is 0.248 e. The standard InChI is InChI=1S/C17H28N2O2/c1-13-5-4-6-14(11-13)7-10-19-12-15(20)18-17(16(19)21)8-2-3-9-17/h13-14H,2-12H2,1H3,(H,18,20). The summed E-state index contributed by atoms with van der Waals surface area (Å²) in [5.74, 6) is 1.79. The molecule has 2 unspecified atom stereocenters. The van der Waals surface area contributed by atoms with Gasteiger partial charge in [-0.2, -0.15) is 0 Å². The van der Waals surface area contributed by atoms with Gasteiger partial charge in [-0.3, -0.25) is 9.59 Å². The predicted octanol–water partition coefficient (Wildman–Crippen LogP) is 2.47. The molecule has 1 heterocycles. The van der Waals surface area contributed by atoms with E-state index in [1.54, 1.807) is 0 Å². The molecule has 1 saturated heterocycles. The van der Waals surface area contributed by atoms with Gasteiger partial charge in [0.05, 0.1) is 6.54 Å². The second-order valence-corrected chi connectivity index (χ2v) is 7.49. The molecule has 2 saturated carbocycles. The zero-order valence-corrected chi connectivity index (χ0v) is 13.2. The van der Waals surface area contributed by atoms with Crippen molar-refractivity contribution in [3.63, 3.8) is 0 Å². The van der Waals surface area contributed by atoms with Gasteiger partial charge in [0.25, 0.3) is 0 Å². The van der Waals surface area contributed by atoms with Gasteiger partial charge >= 0.3 is 0 Å². The summed E-state index contributed by atoms with van der Waals surface area (Å²) in [6.07, 6.45) is 10.1. The van der Waals surface area contributed by atoms with Crippen molar-refractivity contribution in [2.45, 2.75) is 70.3 Å². The van der Waals surface area contributed by atoms with E-state index >= 15 is 0 Å². The van der Waals surface area contributed by atoms with Gasteiger partial charge in [-0.15, -0.1) is 0 Å². The molecule has 118 valence electrons. The maximum absolute atomic E-state index is 12.7. The van der Waals surface area contributed by atoms with E-state index in [1.807, 2.05) is 4.90 Å². The number of piperazine rings is 1. The Morgan fingerprint density at radius 2 is 1.95 bits per heavy atom. The fourth-order valence-corrected chi connectivity index (χ4v) is 4.57. The molecule has 2 amide bonds. The van der Waals surface area contributed by atoms with Gasteiger partial charge in [-0.25, -0.2) is 0 Å². The average Bonchev–Trinajstić information content (AvgIpc) is 2.91. The topological polar surface area (TPSA) is 49.4 Å². The Labute approximate surface area is 127 Å². The van der Waals surface area contributed by atoms with Gasteiger partial charge in [0.15, 0.2) is 0 Å². The molecule has 4 nitrogen and oxygen atoms in total. The van der Waals surface area contributed by atoms with Gasteiger partial charge in [0.2, 0.25) is 11.8 Å². The van der Waals surface area contributed by atoms with Crippen LogP contribution in [0.1, 0.15) is 64.7 Å². The highest BCUT2D eigenvalue weighted by Crippen LogP contribution is 2.34. The second kappa shape index (κ2) is 5.98. The molecule has 0 aromatic carbocycles. The van der Waals surface area contributed by atoms with E-state index in [9.17, 15) is 9.59 Å². The molecule has 0 aromatic heterocycles. The minimum absolute atomic E-state index is 0.0357. The van der Waals surface area contributed by atoms with E-state index in [2.05, 4.69) is 12.2 Å². The third-order valence-corrected chi connectivity index (χ3v) is 5.72. The van der Waals surface area contributed by atoms with Crippen LogP contribution in [0.2, 0.25) is 0 Å². The molecule has 4 heteroatoms. The Kier molecular flexibility index (Phi) is 4.23. The van der Waals surface area contributed by atoms with Crippen LogP contribution >= 0.6 is 0 Å². The van der Waals surface area contributed by atoms with Crippen LogP contribution in [-0.2, 0) is 9.59 Å². The lowest BCUT2D eigenvalue weighted by Crippen LogP contribution is -2.65. The summed E-state index contributed by atoms with van der Waals surface area (Å²) in [6, 6.07) is 0. The highest BCUT2D eigenvalue weighted by Gasteiger charge is 2.48. The van der Waals surface area contributed by atoms with Crippen LogP contribution in [0.3, 0.4) is 0 Å². The third kappa shape index (κ3) is 3.09. The van der Waals surface area contributed by atoms with Gasteiger partial charge in [0, 0.05) is 6.54 Å². The van der Waals surface area contributed by atoms with Gasteiger partial charge in [-0.1, -0.05) is 39.0 Å². The summed E-state index contributed by atoms with van der Waals surface area (Å²) in [5.41, 5.74) is -0.546. The number of hydrogen-bond donors (Lipinski definition) is 1. The Bertz CT molecular complexity index is 415. The molecule has 3 fully saturated rings. The van der Waals surface area contributed by atoms with Crippen molar-refractivity contribution >= 4 is 11.8 Å². The normalized spacial score (nSPS) is 32.5. The second-order valence-electron chi connectivity index (χ2n) is 7.49. The number of amides is 2. The van der Waals surface area contributed by atoms with Gasteiger partial charge in [0.1, 0.15) is 5.54 Å². The molecule has 0 radical (unpaired) electrons. The number of hydrogen-bond acceptors (Lipinski definition) is 2. The molecule has 0 aromatic rings. The van der Waals surface area contributed by atoms with Crippen LogP contribution in [0.5, 0.6) is 0 Å². The van der Waals surface area contributed by atoms with Crippen molar-refractivity contribution in [1.82, 2.24) is 10.2 Å². The fraction of sp³-hybridized carbons (Fsp3) is 0.882. The van der Waals surface area contributed by atoms with Crippen LogP contribution in [0.25, 0.3) is 0 Å². The minimum atomic E-state index is -0.546. The Hall–Kier alpha value is -1.06. The zero-order valence-electron chi connectivity index (χ0n) is 13.2. The summed E-state index contributed by atoms with van der Waals surface area (Å²) in [6.45, 7) is 3.37. The molecule has 2 atom stereocenters. The molecule has 1 aliphatic heterocycles. The first kappa shape index (κ1) is 14.9. The van der Waals surface area contributed by atoms with Crippen LogP contribution in [0.15, 0.2) is 0 Å². The lowest BCUT2D eigenvalue weighted by molar-refractivity contribution is -0.149. The first-order valence-corrected chi connectivity index (χ1v) is 8.69. The first-order valence-electron chi connectivity index (χ1n) is 8.69. The maximum atomic E-state index is 12.7. The van der Waals surface area contributed by atoms with E-state index in [-0.39, 0.29) is 18.4 Å². The molecule has 0 bridgehead atoms. The summed E-state index contributed by atoms with van der Waals surface area (Å²) < 4.78 is 0. The number of carbonyl (C=O) groups excluding carboxylic acids is 2. The van der Waals surface area contributed by atoms with Crippen molar-refractivity contribution < 1.29 is 9.59 Å². The van der Waals surface area contributed by atoms with Gasteiger partial charge in [-0.05, 0) is 37.5 Å². The molecule has 1 spiro atoms. The zero-order chi connectivity index (χ0) is 14.9. The monoisotopic (exact) mass is 292 g/mol. The molecule has 21 heavy (non-hydrogen) atoms. The van der Waals surface area contributed by atoms with E-state index in [0.717, 1.165) is 50.5 Å². The van der Waals surface area contributed by atoms with Crippen molar-refractivity contribution in [2.24, 2.45) is 11.8 Å². The lowest BCUT2D eigenvalue weighted by atomic mass is 9.80. The molecule has 3 aliphatic rings. The first-order chi connectivity index (χ1) is 10.1. The summed E-state index contributed by atoms with van der Waals surface area (Å²) in [4.78, 5) is 26.6. The Balaban J connectivity index is 1.59. The van der Waals surface area contributed by atoms with Crippen LogP contribution < -0.4 is 5.32 Å². The minimum Gasteiger partial charge on any atom is -0.340 e. The predicted molar refractivity (Wildman–Crippen MR) is 81.7 cm³/mol. The van der Waals surface area contributed by atoms with Crippen molar-refractivity contribution in [1.29, 1.82) is 0 Å². The molecule has 3 rings (SSSR count). The maximum Gasteiger partial charge on any atom is 0.248 e. The number of rotatable bonds is 3. The largest absolute Gasteiger partial charge is 0.340 e. The quantitative estimate of drug-likeness (QED) is 0.868. The average molecular weight is 292 g/mol. The summed E-state index contributed by atoms with van der Waals surface area (Å²) in [7, 11) is 0. The van der Waals surface area contributed by atoms with Crippen LogP contribution in [0, 0.1) is 11.8 Å². The molecule has 1 N–H and O–H groups in total. The Morgan fingerprint density at radius 1 is 1.19 bits per heavy atom. The highest BCUT2D eigenvalue weighted by molar-refractivity contribution is 5.98. The molecular weight excluding hydrogens is 264 g/mol. The SMILES string of the molecule is CC1CCCC(CCN2CC(=O)NC3(CCCC3)C2=O)C1. The van der Waals surface area contributed by atoms with Crippen LogP contribution in [-0.4, -0.2) is 35.3 Å². The van der Waals surface area contributed by atoms with E-state index in [4.69, 9.17) is 0 Å². The van der Waals surface area contributed by atoms with Crippen molar-refractivity contribution in [3.05, 3.63) is 0 Å². The summed E-state index contributed by atoms with van der Waals surface area (Å²) in [5, 5.41) is 2.99. The number of nitrogens with zero attached hydrogens (tertiary/aromatic N) is 1. The van der Waals surface area contributed by atoms with Crippen LogP contribution in [0.4, 0.5) is 0 Å². The highest BCUT2D eigenvalue weighted by atomic mass is 16.2.